The van der Waals surface area contributed by atoms with Crippen molar-refractivity contribution in [2.24, 2.45) is 5.92 Å². The quantitative estimate of drug-likeness (QED) is 0.777. The standard InChI is InChI=1S/C11H15NO5/c1-7-3-4-9(17-7)12(2)6-8(11(15)16)5-10(13)14/h3-4,8H,5-6H2,1-2H3,(H,13,14)(H,15,16). The molecule has 0 aliphatic carbocycles. The van der Waals surface area contributed by atoms with E-state index in [4.69, 9.17) is 14.6 Å². The highest BCUT2D eigenvalue weighted by atomic mass is 16.4. The summed E-state index contributed by atoms with van der Waals surface area (Å²) in [5.41, 5.74) is 0. The van der Waals surface area contributed by atoms with Crippen LogP contribution < -0.4 is 4.90 Å². The van der Waals surface area contributed by atoms with Crippen LogP contribution in [0.1, 0.15) is 12.2 Å². The van der Waals surface area contributed by atoms with Gasteiger partial charge in [0.05, 0.1) is 12.3 Å². The lowest BCUT2D eigenvalue weighted by Gasteiger charge is -2.19. The Hall–Kier alpha value is -1.98. The molecule has 1 aromatic heterocycles. The Morgan fingerprint density at radius 2 is 2.06 bits per heavy atom. The van der Waals surface area contributed by atoms with Gasteiger partial charge in [0.25, 0.3) is 0 Å². The largest absolute Gasteiger partial charge is 0.481 e. The molecule has 0 saturated heterocycles. The number of carboxylic acid groups (broad SMARTS) is 2. The number of carbonyl (C=O) groups is 2. The molecule has 0 saturated carbocycles. The van der Waals surface area contributed by atoms with Gasteiger partial charge in [-0.1, -0.05) is 0 Å². The predicted molar refractivity (Wildman–Crippen MR) is 60.1 cm³/mol. The molecule has 1 unspecified atom stereocenters. The maximum Gasteiger partial charge on any atom is 0.308 e. The fraction of sp³-hybridized carbons (Fsp3) is 0.455. The number of rotatable bonds is 6. The highest BCUT2D eigenvalue weighted by Gasteiger charge is 2.23. The zero-order valence-corrected chi connectivity index (χ0v) is 9.71. The van der Waals surface area contributed by atoms with Gasteiger partial charge >= 0.3 is 11.9 Å². The van der Waals surface area contributed by atoms with E-state index in [-0.39, 0.29) is 6.54 Å². The first-order chi connectivity index (χ1) is 7.90. The van der Waals surface area contributed by atoms with E-state index in [9.17, 15) is 9.59 Å². The summed E-state index contributed by atoms with van der Waals surface area (Å²) in [5, 5.41) is 17.5. The maximum absolute atomic E-state index is 10.9. The van der Waals surface area contributed by atoms with Gasteiger partial charge in [0, 0.05) is 19.7 Å². The van der Waals surface area contributed by atoms with Gasteiger partial charge in [0.15, 0.2) is 5.88 Å². The van der Waals surface area contributed by atoms with E-state index < -0.39 is 24.3 Å². The molecular weight excluding hydrogens is 226 g/mol. The van der Waals surface area contributed by atoms with Crippen LogP contribution in [0, 0.1) is 12.8 Å². The molecule has 0 amide bonds. The lowest BCUT2D eigenvalue weighted by Crippen LogP contribution is -2.31. The normalized spacial score (nSPS) is 12.1. The number of anilines is 1. The predicted octanol–water partition coefficient (Wildman–Crippen LogP) is 1.20. The molecule has 0 aromatic carbocycles. The van der Waals surface area contributed by atoms with Gasteiger partial charge in [-0.15, -0.1) is 0 Å². The molecule has 6 nitrogen and oxygen atoms in total. The van der Waals surface area contributed by atoms with Gasteiger partial charge in [0.1, 0.15) is 5.76 Å². The molecule has 0 radical (unpaired) electrons. The number of nitrogens with zero attached hydrogens (tertiary/aromatic N) is 1. The van der Waals surface area contributed by atoms with Gasteiger partial charge in [0.2, 0.25) is 0 Å². The SMILES string of the molecule is Cc1ccc(N(C)CC(CC(=O)O)C(=O)O)o1. The molecule has 17 heavy (non-hydrogen) atoms. The van der Waals surface area contributed by atoms with Crippen LogP contribution >= 0.6 is 0 Å². The third-order valence-electron chi connectivity index (χ3n) is 2.37. The van der Waals surface area contributed by atoms with Crippen molar-refractivity contribution in [1.82, 2.24) is 0 Å². The van der Waals surface area contributed by atoms with Crippen LogP contribution in [0.3, 0.4) is 0 Å². The van der Waals surface area contributed by atoms with Crippen LogP contribution in [-0.2, 0) is 9.59 Å². The van der Waals surface area contributed by atoms with E-state index in [2.05, 4.69) is 0 Å². The number of carboxylic acids is 2. The molecule has 6 heteroatoms. The minimum atomic E-state index is -1.12. The van der Waals surface area contributed by atoms with Crippen LogP contribution in [0.15, 0.2) is 16.5 Å². The summed E-state index contributed by atoms with van der Waals surface area (Å²) in [4.78, 5) is 23.0. The Morgan fingerprint density at radius 1 is 1.41 bits per heavy atom. The fourth-order valence-corrected chi connectivity index (χ4v) is 1.49. The topological polar surface area (TPSA) is 91.0 Å². The van der Waals surface area contributed by atoms with Gasteiger partial charge in [-0.05, 0) is 13.0 Å². The van der Waals surface area contributed by atoms with E-state index in [1.807, 2.05) is 0 Å². The van der Waals surface area contributed by atoms with E-state index in [1.165, 1.54) is 0 Å². The van der Waals surface area contributed by atoms with E-state index >= 15 is 0 Å². The lowest BCUT2D eigenvalue weighted by atomic mass is 10.1. The molecule has 0 bridgehead atoms. The minimum Gasteiger partial charge on any atom is -0.481 e. The molecule has 2 N–H and O–H groups in total. The third-order valence-corrected chi connectivity index (χ3v) is 2.37. The first kappa shape index (κ1) is 13.1. The van der Waals surface area contributed by atoms with Crippen molar-refractivity contribution in [1.29, 1.82) is 0 Å². The van der Waals surface area contributed by atoms with Crippen LogP contribution in [0.2, 0.25) is 0 Å². The summed E-state index contributed by atoms with van der Waals surface area (Å²) < 4.78 is 5.32. The second-order valence-electron chi connectivity index (χ2n) is 3.90. The second kappa shape index (κ2) is 5.38. The average molecular weight is 241 g/mol. The van der Waals surface area contributed by atoms with Crippen molar-refractivity contribution in [3.63, 3.8) is 0 Å². The highest BCUT2D eigenvalue weighted by Crippen LogP contribution is 2.18. The minimum absolute atomic E-state index is 0.0919. The number of hydrogen-bond acceptors (Lipinski definition) is 4. The summed E-state index contributed by atoms with van der Waals surface area (Å²) in [6.45, 7) is 1.87. The Labute approximate surface area is 98.5 Å². The highest BCUT2D eigenvalue weighted by molar-refractivity contribution is 5.78. The summed E-state index contributed by atoms with van der Waals surface area (Å²) in [6, 6.07) is 3.48. The molecule has 1 atom stereocenters. The average Bonchev–Trinajstić information content (AvgIpc) is 2.63. The van der Waals surface area contributed by atoms with Crippen molar-refractivity contribution in [2.75, 3.05) is 18.5 Å². The summed E-state index contributed by atoms with van der Waals surface area (Å²) in [6.07, 6.45) is -0.403. The Kier molecular flexibility index (Phi) is 4.14. The Bertz CT molecular complexity index is 412. The Morgan fingerprint density at radius 3 is 2.47 bits per heavy atom. The number of furan rings is 1. The first-order valence-corrected chi connectivity index (χ1v) is 5.12. The van der Waals surface area contributed by atoms with Crippen molar-refractivity contribution < 1.29 is 24.2 Å². The number of aryl methyl sites for hydroxylation is 1. The summed E-state index contributed by atoms with van der Waals surface area (Å²) in [5.74, 6) is -1.96. The molecule has 94 valence electrons. The van der Waals surface area contributed by atoms with Crippen LogP contribution in [0.25, 0.3) is 0 Å². The van der Waals surface area contributed by atoms with Crippen molar-refractivity contribution in [3.8, 4) is 0 Å². The fourth-order valence-electron chi connectivity index (χ4n) is 1.49. The lowest BCUT2D eigenvalue weighted by molar-refractivity contribution is -0.147. The summed E-state index contributed by atoms with van der Waals surface area (Å²) >= 11 is 0. The molecular formula is C11H15NO5. The van der Waals surface area contributed by atoms with E-state index in [1.54, 1.807) is 31.0 Å². The second-order valence-corrected chi connectivity index (χ2v) is 3.90. The number of hydrogen-bond donors (Lipinski definition) is 2. The molecule has 0 spiro atoms. The van der Waals surface area contributed by atoms with Crippen molar-refractivity contribution >= 4 is 17.8 Å². The summed E-state index contributed by atoms with van der Waals surface area (Å²) in [7, 11) is 1.66. The maximum atomic E-state index is 10.9. The van der Waals surface area contributed by atoms with Crippen LogP contribution in [-0.4, -0.2) is 35.7 Å². The molecule has 1 aromatic rings. The molecule has 0 aliphatic heterocycles. The van der Waals surface area contributed by atoms with Crippen LogP contribution in [0.5, 0.6) is 0 Å². The number of aliphatic carboxylic acids is 2. The molecule has 1 heterocycles. The van der Waals surface area contributed by atoms with Gasteiger partial charge < -0.3 is 19.5 Å². The zero-order valence-electron chi connectivity index (χ0n) is 9.71. The molecule has 0 fully saturated rings. The van der Waals surface area contributed by atoms with E-state index in [0.717, 1.165) is 5.76 Å². The third kappa shape index (κ3) is 3.82. The molecule has 0 aliphatic rings. The van der Waals surface area contributed by atoms with Crippen molar-refractivity contribution in [3.05, 3.63) is 17.9 Å². The smallest absolute Gasteiger partial charge is 0.308 e. The monoisotopic (exact) mass is 241 g/mol. The zero-order chi connectivity index (χ0) is 13.0. The van der Waals surface area contributed by atoms with Gasteiger partial charge in [-0.2, -0.15) is 0 Å². The first-order valence-electron chi connectivity index (χ1n) is 5.12. The van der Waals surface area contributed by atoms with Crippen molar-refractivity contribution in [2.45, 2.75) is 13.3 Å². The van der Waals surface area contributed by atoms with E-state index in [0.29, 0.717) is 5.88 Å². The van der Waals surface area contributed by atoms with Crippen LogP contribution in [0.4, 0.5) is 5.88 Å². The Balaban J connectivity index is 2.67. The molecule has 1 rings (SSSR count). The van der Waals surface area contributed by atoms with Gasteiger partial charge in [-0.3, -0.25) is 9.59 Å². The van der Waals surface area contributed by atoms with Gasteiger partial charge in [-0.25, -0.2) is 0 Å².